The first-order chi connectivity index (χ1) is 13.6. The second-order valence-electron chi connectivity index (χ2n) is 7.22. The van der Waals surface area contributed by atoms with Crippen molar-refractivity contribution in [3.8, 4) is 0 Å². The lowest BCUT2D eigenvalue weighted by Crippen LogP contribution is -2.61. The molecule has 10 heteroatoms. The van der Waals surface area contributed by atoms with Crippen molar-refractivity contribution >= 4 is 45.9 Å². The predicted molar refractivity (Wildman–Crippen MR) is 108 cm³/mol. The number of rotatable bonds is 7. The number of carbonyl (C=O) groups is 2. The van der Waals surface area contributed by atoms with E-state index in [4.69, 9.17) is 38.4 Å². The highest BCUT2D eigenvalue weighted by atomic mass is 35.5. The Morgan fingerprint density at radius 3 is 2.41 bits per heavy atom. The van der Waals surface area contributed by atoms with E-state index in [-0.39, 0.29) is 25.4 Å². The van der Waals surface area contributed by atoms with Crippen molar-refractivity contribution in [3.63, 3.8) is 0 Å². The lowest BCUT2D eigenvalue weighted by Gasteiger charge is -2.33. The zero-order valence-corrected chi connectivity index (χ0v) is 18.3. The molecule has 0 saturated heterocycles. The SMILES string of the molecule is CCOC(=O)[C@]1(N)[C@@H](S(=O)Cc2ccc(Cl)c(Cl)c2)C[C@@H]2[C@H]1[C@@]2(F)C(=O)OCC. The van der Waals surface area contributed by atoms with Gasteiger partial charge in [-0.25, -0.2) is 14.0 Å². The number of hydrogen-bond donors (Lipinski definition) is 1. The van der Waals surface area contributed by atoms with Gasteiger partial charge >= 0.3 is 11.9 Å². The van der Waals surface area contributed by atoms with Crippen molar-refractivity contribution in [1.29, 1.82) is 0 Å². The maximum absolute atomic E-state index is 15.4. The fraction of sp³-hybridized carbons (Fsp3) is 0.579. The average molecular weight is 466 g/mol. The molecule has 1 aromatic carbocycles. The molecule has 160 valence electrons. The molecule has 0 aliphatic heterocycles. The molecular weight excluding hydrogens is 444 g/mol. The van der Waals surface area contributed by atoms with Crippen LogP contribution in [-0.4, -0.2) is 45.8 Å². The molecule has 2 N–H and O–H groups in total. The summed E-state index contributed by atoms with van der Waals surface area (Å²) in [6.45, 7) is 3.19. The van der Waals surface area contributed by atoms with Crippen molar-refractivity contribution < 1.29 is 27.7 Å². The highest BCUT2D eigenvalue weighted by Crippen LogP contribution is 2.68. The Balaban J connectivity index is 1.87. The summed E-state index contributed by atoms with van der Waals surface area (Å²) < 4.78 is 38.4. The molecule has 0 heterocycles. The van der Waals surface area contributed by atoms with E-state index in [1.165, 1.54) is 0 Å². The molecular formula is C19H22Cl2FNO5S. The molecule has 1 unspecified atom stereocenters. The Kier molecular flexibility index (Phi) is 6.30. The molecule has 0 amide bonds. The van der Waals surface area contributed by atoms with Gasteiger partial charge < -0.3 is 15.2 Å². The van der Waals surface area contributed by atoms with Gasteiger partial charge in [-0.2, -0.15) is 0 Å². The second-order valence-corrected chi connectivity index (χ2v) is 9.66. The summed E-state index contributed by atoms with van der Waals surface area (Å²) in [6, 6.07) is 4.83. The van der Waals surface area contributed by atoms with E-state index >= 15 is 4.39 Å². The summed E-state index contributed by atoms with van der Waals surface area (Å²) in [4.78, 5) is 24.8. The number of nitrogens with two attached hydrogens (primary N) is 1. The Hall–Kier alpha value is -1.22. The van der Waals surface area contributed by atoms with E-state index in [0.29, 0.717) is 15.6 Å². The van der Waals surface area contributed by atoms with Crippen molar-refractivity contribution in [2.24, 2.45) is 17.6 Å². The first kappa shape index (κ1) is 22.5. The van der Waals surface area contributed by atoms with Gasteiger partial charge in [-0.15, -0.1) is 0 Å². The maximum atomic E-state index is 15.4. The Labute approximate surface area is 180 Å². The van der Waals surface area contributed by atoms with Gasteiger partial charge in [-0.3, -0.25) is 4.21 Å². The van der Waals surface area contributed by atoms with Gasteiger partial charge in [0.2, 0.25) is 5.67 Å². The van der Waals surface area contributed by atoms with Crippen LogP contribution in [0.3, 0.4) is 0 Å². The van der Waals surface area contributed by atoms with E-state index in [1.807, 2.05) is 0 Å². The molecule has 0 bridgehead atoms. The third kappa shape index (κ3) is 3.58. The minimum Gasteiger partial charge on any atom is -0.465 e. The Morgan fingerprint density at radius 1 is 1.21 bits per heavy atom. The van der Waals surface area contributed by atoms with Crippen molar-refractivity contribution in [2.75, 3.05) is 13.2 Å². The van der Waals surface area contributed by atoms with Crippen LogP contribution in [0.2, 0.25) is 10.0 Å². The zero-order chi connectivity index (χ0) is 21.6. The number of halogens is 3. The van der Waals surface area contributed by atoms with Crippen molar-refractivity contribution in [2.45, 2.75) is 42.5 Å². The minimum atomic E-state index is -2.36. The van der Waals surface area contributed by atoms with Crippen LogP contribution >= 0.6 is 23.2 Å². The molecule has 6 nitrogen and oxygen atoms in total. The number of hydrogen-bond acceptors (Lipinski definition) is 6. The van der Waals surface area contributed by atoms with Gasteiger partial charge in [-0.1, -0.05) is 29.3 Å². The molecule has 2 aliphatic carbocycles. The van der Waals surface area contributed by atoms with E-state index in [2.05, 4.69) is 0 Å². The zero-order valence-electron chi connectivity index (χ0n) is 16.0. The quantitative estimate of drug-likeness (QED) is 0.621. The highest BCUT2D eigenvalue weighted by Gasteiger charge is 2.85. The molecule has 2 aliphatic rings. The average Bonchev–Trinajstić information content (AvgIpc) is 3.13. The van der Waals surface area contributed by atoms with Crippen LogP contribution in [0.4, 0.5) is 4.39 Å². The standard InChI is InChI=1S/C19H22Cl2FNO5S/c1-3-27-16(24)18(22)11-8-14(19(23,15(11)18)17(25)28-4-2)29(26)9-10-5-6-12(20)13(21)7-10/h5-7,11,14-15H,3-4,8-9,23H2,1-2H3/t11-,14+,15+,18-,19+,29?/m1/s1. The molecule has 1 aromatic rings. The van der Waals surface area contributed by atoms with Crippen LogP contribution in [0, 0.1) is 11.8 Å². The number of ether oxygens (including phenoxy) is 2. The van der Waals surface area contributed by atoms with Crippen LogP contribution in [0.25, 0.3) is 0 Å². The third-order valence-corrected chi connectivity index (χ3v) is 8.20. The van der Waals surface area contributed by atoms with Gasteiger partial charge in [0.05, 0.1) is 28.5 Å². The molecule has 0 spiro atoms. The summed E-state index contributed by atoms with van der Waals surface area (Å²) in [5.41, 5.74) is 2.77. The van der Waals surface area contributed by atoms with Crippen molar-refractivity contribution in [3.05, 3.63) is 33.8 Å². The lowest BCUT2D eigenvalue weighted by atomic mass is 9.90. The number of esters is 2. The monoisotopic (exact) mass is 465 g/mol. The number of carbonyl (C=O) groups excluding carboxylic acids is 2. The summed E-state index contributed by atoms with van der Waals surface area (Å²) in [5, 5.41) is -0.200. The van der Waals surface area contributed by atoms with Gasteiger partial charge in [-0.05, 0) is 38.0 Å². The molecule has 6 atom stereocenters. The molecule has 3 rings (SSSR count). The summed E-state index contributed by atoms with van der Waals surface area (Å²) in [6.07, 6.45) is 0.0171. The largest absolute Gasteiger partial charge is 0.465 e. The van der Waals surface area contributed by atoms with Crippen LogP contribution in [-0.2, 0) is 35.6 Å². The van der Waals surface area contributed by atoms with Crippen LogP contribution < -0.4 is 5.73 Å². The van der Waals surface area contributed by atoms with Gasteiger partial charge in [0.15, 0.2) is 0 Å². The number of fused-ring (bicyclic) bond motifs is 1. The summed E-state index contributed by atoms with van der Waals surface area (Å²) >= 11 is 11.9. The highest BCUT2D eigenvalue weighted by molar-refractivity contribution is 7.85. The first-order valence-corrected chi connectivity index (χ1v) is 11.4. The van der Waals surface area contributed by atoms with E-state index < -0.39 is 51.0 Å². The maximum Gasteiger partial charge on any atom is 0.344 e. The third-order valence-electron chi connectivity index (χ3n) is 5.63. The predicted octanol–water partition coefficient (Wildman–Crippen LogP) is 2.79. The van der Waals surface area contributed by atoms with Crippen molar-refractivity contribution in [1.82, 2.24) is 0 Å². The Bertz CT molecular complexity index is 871. The van der Waals surface area contributed by atoms with E-state index in [0.717, 1.165) is 0 Å². The first-order valence-electron chi connectivity index (χ1n) is 9.25. The van der Waals surface area contributed by atoms with Gasteiger partial charge in [0, 0.05) is 28.4 Å². The van der Waals surface area contributed by atoms with Crippen LogP contribution in [0.1, 0.15) is 25.8 Å². The topological polar surface area (TPSA) is 95.7 Å². The van der Waals surface area contributed by atoms with Gasteiger partial charge in [0.25, 0.3) is 0 Å². The smallest absolute Gasteiger partial charge is 0.344 e. The normalized spacial score (nSPS) is 33.7. The lowest BCUT2D eigenvalue weighted by molar-refractivity contribution is -0.156. The number of benzene rings is 1. The molecule has 2 saturated carbocycles. The van der Waals surface area contributed by atoms with E-state index in [1.54, 1.807) is 32.0 Å². The summed E-state index contributed by atoms with van der Waals surface area (Å²) in [5.74, 6) is -3.81. The fourth-order valence-electron chi connectivity index (χ4n) is 4.29. The fourth-order valence-corrected chi connectivity index (χ4v) is 6.42. The molecule has 2 fully saturated rings. The van der Waals surface area contributed by atoms with Crippen LogP contribution in [0.15, 0.2) is 18.2 Å². The summed E-state index contributed by atoms with van der Waals surface area (Å²) in [7, 11) is -1.64. The van der Waals surface area contributed by atoms with Gasteiger partial charge in [0.1, 0.15) is 5.54 Å². The van der Waals surface area contributed by atoms with E-state index in [9.17, 15) is 13.8 Å². The minimum absolute atomic E-state index is 0.00755. The molecule has 0 aromatic heterocycles. The second kappa shape index (κ2) is 8.13. The number of alkyl halides is 1. The molecule has 29 heavy (non-hydrogen) atoms. The van der Waals surface area contributed by atoms with Crippen LogP contribution in [0.5, 0.6) is 0 Å². The Morgan fingerprint density at radius 2 is 1.83 bits per heavy atom. The molecule has 0 radical (unpaired) electrons.